The molecular weight excluding hydrogens is 204 g/mol. The Morgan fingerprint density at radius 2 is 1.94 bits per heavy atom. The average Bonchev–Trinajstić information content (AvgIpc) is 2.23. The number of carbonyl (C=O) groups excluding carboxylic acids is 1. The predicted molar refractivity (Wildman–Crippen MR) is 66.4 cm³/mol. The molecule has 0 radical (unpaired) electrons. The van der Waals surface area contributed by atoms with Crippen molar-refractivity contribution >= 4 is 5.91 Å². The van der Waals surface area contributed by atoms with E-state index in [0.717, 1.165) is 6.42 Å². The molecule has 0 fully saturated rings. The van der Waals surface area contributed by atoms with Gasteiger partial charge in [0, 0.05) is 19.7 Å². The number of carbonyl (C=O) groups is 1. The van der Waals surface area contributed by atoms with Gasteiger partial charge in [0.15, 0.2) is 0 Å². The van der Waals surface area contributed by atoms with Gasteiger partial charge >= 0.3 is 0 Å². The molecule has 16 heavy (non-hydrogen) atoms. The van der Waals surface area contributed by atoms with E-state index >= 15 is 0 Å². The summed E-state index contributed by atoms with van der Waals surface area (Å²) in [4.78, 5) is 11.6. The first kappa shape index (κ1) is 15.4. The van der Waals surface area contributed by atoms with E-state index in [-0.39, 0.29) is 18.0 Å². The largest absolute Gasteiger partial charge is 0.380 e. The minimum Gasteiger partial charge on any atom is -0.380 e. The quantitative estimate of drug-likeness (QED) is 0.658. The number of amides is 1. The summed E-state index contributed by atoms with van der Waals surface area (Å²) in [6.07, 6.45) is 0.843. The summed E-state index contributed by atoms with van der Waals surface area (Å²) in [7, 11) is 1.67. The summed E-state index contributed by atoms with van der Waals surface area (Å²) >= 11 is 0. The fourth-order valence-corrected chi connectivity index (χ4v) is 1.58. The predicted octanol–water partition coefficient (Wildman–Crippen LogP) is 1.16. The summed E-state index contributed by atoms with van der Waals surface area (Å²) in [5.41, 5.74) is 0. The van der Waals surface area contributed by atoms with Crippen LogP contribution in [0, 0.1) is 5.92 Å². The van der Waals surface area contributed by atoms with Gasteiger partial charge in [-0.2, -0.15) is 0 Å². The van der Waals surface area contributed by atoms with Gasteiger partial charge in [-0.3, -0.25) is 4.79 Å². The van der Waals surface area contributed by atoms with Crippen LogP contribution < -0.4 is 10.6 Å². The Balaban J connectivity index is 4.14. The maximum absolute atomic E-state index is 11.6. The average molecular weight is 230 g/mol. The minimum absolute atomic E-state index is 0.0528. The molecule has 4 heteroatoms. The molecule has 0 aromatic carbocycles. The van der Waals surface area contributed by atoms with Crippen molar-refractivity contribution in [3.05, 3.63) is 0 Å². The molecule has 0 bridgehead atoms. The van der Waals surface area contributed by atoms with Crippen LogP contribution in [0.3, 0.4) is 0 Å². The van der Waals surface area contributed by atoms with E-state index in [9.17, 15) is 4.79 Å². The lowest BCUT2D eigenvalue weighted by atomic mass is 10.0. The van der Waals surface area contributed by atoms with Crippen LogP contribution >= 0.6 is 0 Å². The maximum atomic E-state index is 11.6. The van der Waals surface area contributed by atoms with Crippen molar-refractivity contribution in [1.29, 1.82) is 0 Å². The van der Waals surface area contributed by atoms with Crippen LogP contribution in [-0.2, 0) is 9.53 Å². The van der Waals surface area contributed by atoms with E-state index in [2.05, 4.69) is 24.5 Å². The number of rotatable bonds is 8. The Hall–Kier alpha value is -0.610. The Labute approximate surface area is 99.1 Å². The molecule has 0 aliphatic rings. The second-order valence-electron chi connectivity index (χ2n) is 4.52. The van der Waals surface area contributed by atoms with E-state index in [4.69, 9.17) is 4.74 Å². The highest BCUT2D eigenvalue weighted by Gasteiger charge is 2.20. The molecule has 0 aromatic rings. The third kappa shape index (κ3) is 6.80. The van der Waals surface area contributed by atoms with Crippen molar-refractivity contribution in [3.8, 4) is 0 Å². The van der Waals surface area contributed by atoms with Crippen molar-refractivity contribution in [2.45, 2.75) is 46.2 Å². The van der Waals surface area contributed by atoms with Crippen LogP contribution in [0.5, 0.6) is 0 Å². The molecule has 0 saturated heterocycles. The molecule has 0 saturated carbocycles. The molecule has 2 unspecified atom stereocenters. The van der Waals surface area contributed by atoms with Crippen LogP contribution in [0.15, 0.2) is 0 Å². The van der Waals surface area contributed by atoms with Gasteiger partial charge in [-0.25, -0.2) is 0 Å². The Morgan fingerprint density at radius 3 is 2.38 bits per heavy atom. The first-order valence-electron chi connectivity index (χ1n) is 6.06. The monoisotopic (exact) mass is 230 g/mol. The second-order valence-corrected chi connectivity index (χ2v) is 4.52. The normalized spacial score (nSPS) is 14.9. The van der Waals surface area contributed by atoms with Crippen molar-refractivity contribution in [2.24, 2.45) is 5.92 Å². The lowest BCUT2D eigenvalue weighted by Crippen LogP contribution is -2.48. The van der Waals surface area contributed by atoms with Crippen molar-refractivity contribution in [3.63, 3.8) is 0 Å². The lowest BCUT2D eigenvalue weighted by Gasteiger charge is -2.23. The Kier molecular flexibility index (Phi) is 8.21. The molecule has 1 amide bonds. The Bertz CT molecular complexity index is 195. The first-order valence-corrected chi connectivity index (χ1v) is 6.06. The van der Waals surface area contributed by atoms with Gasteiger partial charge in [-0.05, 0) is 26.2 Å². The smallest absolute Gasteiger partial charge is 0.236 e. The number of ether oxygens (including phenoxy) is 1. The van der Waals surface area contributed by atoms with Gasteiger partial charge in [0.05, 0.1) is 12.6 Å². The molecule has 2 N–H and O–H groups in total. The number of hydrogen-bond acceptors (Lipinski definition) is 3. The van der Waals surface area contributed by atoms with Gasteiger partial charge in [0.1, 0.15) is 0 Å². The zero-order chi connectivity index (χ0) is 12.6. The van der Waals surface area contributed by atoms with Gasteiger partial charge in [0.2, 0.25) is 5.91 Å². The van der Waals surface area contributed by atoms with Crippen molar-refractivity contribution in [1.82, 2.24) is 10.6 Å². The third-order valence-electron chi connectivity index (χ3n) is 2.33. The highest BCUT2D eigenvalue weighted by Crippen LogP contribution is 2.05. The van der Waals surface area contributed by atoms with Crippen LogP contribution in [-0.4, -0.2) is 38.3 Å². The summed E-state index contributed by atoms with van der Waals surface area (Å²) < 4.78 is 5.32. The zero-order valence-electron chi connectivity index (χ0n) is 11.2. The number of nitrogens with one attached hydrogen (secondary N) is 2. The minimum atomic E-state index is -0.125. The van der Waals surface area contributed by atoms with Crippen LogP contribution in [0.25, 0.3) is 0 Å². The molecule has 0 aliphatic heterocycles. The molecule has 0 aliphatic carbocycles. The molecule has 0 rings (SSSR count). The SMILES string of the molecule is CCOCC(C)NC(CC(C)C)C(=O)NC. The topological polar surface area (TPSA) is 50.4 Å². The third-order valence-corrected chi connectivity index (χ3v) is 2.33. The molecule has 0 aromatic heterocycles. The molecular formula is C12H26N2O2. The van der Waals surface area contributed by atoms with Gasteiger partial charge in [-0.1, -0.05) is 13.8 Å². The molecule has 2 atom stereocenters. The molecule has 96 valence electrons. The van der Waals surface area contributed by atoms with Gasteiger partial charge in [0.25, 0.3) is 0 Å². The first-order chi connectivity index (χ1) is 7.51. The summed E-state index contributed by atoms with van der Waals surface area (Å²) in [5.74, 6) is 0.547. The fraction of sp³-hybridized carbons (Fsp3) is 0.917. The molecule has 4 nitrogen and oxygen atoms in total. The standard InChI is InChI=1S/C12H26N2O2/c1-6-16-8-10(4)14-11(7-9(2)3)12(15)13-5/h9-11,14H,6-8H2,1-5H3,(H,13,15). The molecule has 0 spiro atoms. The van der Waals surface area contributed by atoms with Crippen molar-refractivity contribution in [2.75, 3.05) is 20.3 Å². The van der Waals surface area contributed by atoms with E-state index in [1.807, 2.05) is 13.8 Å². The zero-order valence-corrected chi connectivity index (χ0v) is 11.2. The summed E-state index contributed by atoms with van der Waals surface area (Å²) in [5, 5.41) is 5.99. The number of hydrogen-bond donors (Lipinski definition) is 2. The highest BCUT2D eigenvalue weighted by atomic mass is 16.5. The van der Waals surface area contributed by atoms with E-state index in [1.165, 1.54) is 0 Å². The van der Waals surface area contributed by atoms with Crippen LogP contribution in [0.4, 0.5) is 0 Å². The van der Waals surface area contributed by atoms with Gasteiger partial charge in [-0.15, -0.1) is 0 Å². The van der Waals surface area contributed by atoms with E-state index in [1.54, 1.807) is 7.05 Å². The molecule has 0 heterocycles. The van der Waals surface area contributed by atoms with Crippen LogP contribution in [0.1, 0.15) is 34.1 Å². The maximum Gasteiger partial charge on any atom is 0.236 e. The second kappa shape index (κ2) is 8.53. The highest BCUT2D eigenvalue weighted by molar-refractivity contribution is 5.81. The van der Waals surface area contributed by atoms with Crippen molar-refractivity contribution < 1.29 is 9.53 Å². The summed E-state index contributed by atoms with van der Waals surface area (Å²) in [6, 6.07) is 0.0708. The van der Waals surface area contributed by atoms with E-state index < -0.39 is 0 Å². The fourth-order valence-electron chi connectivity index (χ4n) is 1.58. The number of likely N-dealkylation sites (N-methyl/N-ethyl adjacent to an activating group) is 1. The van der Waals surface area contributed by atoms with Gasteiger partial charge < -0.3 is 15.4 Å². The van der Waals surface area contributed by atoms with Crippen LogP contribution in [0.2, 0.25) is 0 Å². The van der Waals surface area contributed by atoms with E-state index in [0.29, 0.717) is 19.1 Å². The summed E-state index contributed by atoms with van der Waals surface area (Å²) in [6.45, 7) is 9.58. The lowest BCUT2D eigenvalue weighted by molar-refractivity contribution is -0.123. The Morgan fingerprint density at radius 1 is 1.31 bits per heavy atom.